The van der Waals surface area contributed by atoms with Gasteiger partial charge < -0.3 is 25.4 Å². The molecule has 2 heterocycles. The number of amides is 1. The number of carbonyl (C=O) groups excluding carboxylic acids is 1. The molecule has 2 aromatic carbocycles. The summed E-state index contributed by atoms with van der Waals surface area (Å²) < 4.78 is 13.4. The average molecular weight is 644 g/mol. The molecule has 0 aliphatic heterocycles. The number of ether oxygens (including phenoxy) is 2. The van der Waals surface area contributed by atoms with Gasteiger partial charge in [0.2, 0.25) is 5.95 Å². The minimum Gasteiger partial charge on any atom is -0.444 e. The van der Waals surface area contributed by atoms with Crippen LogP contribution >= 0.6 is 0 Å². The summed E-state index contributed by atoms with van der Waals surface area (Å²) in [6, 6.07) is 20.1. The van der Waals surface area contributed by atoms with Crippen LogP contribution in [-0.4, -0.2) is 58.2 Å². The van der Waals surface area contributed by atoms with Crippen molar-refractivity contribution in [2.45, 2.75) is 103 Å². The molecular formula is C35H49N7O3Si. The Bertz CT molecular complexity index is 1590. The van der Waals surface area contributed by atoms with Gasteiger partial charge in [0.1, 0.15) is 18.0 Å². The number of carbonyl (C=O) groups is 1. The average Bonchev–Trinajstić information content (AvgIpc) is 3.36. The number of alkyl carbamates (subject to hydrolysis) is 1. The molecule has 1 amide bonds. The van der Waals surface area contributed by atoms with E-state index in [0.29, 0.717) is 19.3 Å². The maximum Gasteiger partial charge on any atom is 0.407 e. The Hall–Kier alpha value is -3.96. The van der Waals surface area contributed by atoms with Crippen molar-refractivity contribution >= 4 is 36.8 Å². The minimum absolute atomic E-state index is 0.103. The fraction of sp³-hybridized carbons (Fsp3) is 0.486. The van der Waals surface area contributed by atoms with Gasteiger partial charge in [-0.25, -0.2) is 14.5 Å². The molecule has 0 spiro atoms. The lowest BCUT2D eigenvalue weighted by atomic mass is 9.91. The van der Waals surface area contributed by atoms with Gasteiger partial charge in [-0.2, -0.15) is 10.1 Å². The van der Waals surface area contributed by atoms with Gasteiger partial charge in [-0.05, 0) is 70.2 Å². The Labute approximate surface area is 273 Å². The van der Waals surface area contributed by atoms with E-state index < -0.39 is 13.7 Å². The van der Waals surface area contributed by atoms with E-state index in [4.69, 9.17) is 24.5 Å². The van der Waals surface area contributed by atoms with Crippen molar-refractivity contribution in [3.05, 3.63) is 66.4 Å². The van der Waals surface area contributed by atoms with E-state index in [9.17, 15) is 4.79 Å². The van der Waals surface area contributed by atoms with Gasteiger partial charge in [-0.1, -0.05) is 62.1 Å². The molecular weight excluding hydrogens is 595 g/mol. The number of hydrogen-bond acceptors (Lipinski definition) is 8. The molecule has 0 unspecified atom stereocenters. The quantitative estimate of drug-likeness (QED) is 0.106. The number of aromatic nitrogens is 4. The highest BCUT2D eigenvalue weighted by Gasteiger charge is 2.26. The van der Waals surface area contributed by atoms with Crippen molar-refractivity contribution in [3.8, 4) is 11.3 Å². The standard InChI is InChI=1S/C35H49N7O3Si/c1-35(2,3)45-34(43)39-28-17-15-27(16-18-28)38-33-37-23-30-31(41-42(32(30)40-33)24-44-19-20-46(4,5)6)26-13-10-14-29(21-26)36-22-25-11-8-7-9-12-25/h7-14,21,23,27-28,36H,15-20,22,24H2,1-6H3,(H,39,43)(H,37,38,40). The van der Waals surface area contributed by atoms with Crippen LogP contribution in [0.5, 0.6) is 0 Å². The normalized spacial score (nSPS) is 17.1. The van der Waals surface area contributed by atoms with Crippen LogP contribution < -0.4 is 16.0 Å². The molecule has 1 aliphatic rings. The number of nitrogens with one attached hydrogen (secondary N) is 3. The first kappa shape index (κ1) is 33.4. The summed E-state index contributed by atoms with van der Waals surface area (Å²) in [5.41, 5.74) is 4.29. The van der Waals surface area contributed by atoms with E-state index >= 15 is 0 Å². The molecule has 0 saturated heterocycles. The summed E-state index contributed by atoms with van der Waals surface area (Å²) in [5, 5.41) is 16.0. The van der Waals surface area contributed by atoms with Gasteiger partial charge in [0, 0.05) is 50.8 Å². The molecule has 11 heteroatoms. The number of rotatable bonds is 12. The second-order valence-electron chi connectivity index (χ2n) is 14.4. The molecule has 1 fully saturated rings. The molecule has 0 atom stereocenters. The van der Waals surface area contributed by atoms with Gasteiger partial charge in [-0.3, -0.25) is 0 Å². The van der Waals surface area contributed by atoms with Crippen molar-refractivity contribution in [1.82, 2.24) is 25.1 Å². The lowest BCUT2D eigenvalue weighted by Crippen LogP contribution is -2.42. The number of hydrogen-bond donors (Lipinski definition) is 3. The SMILES string of the molecule is CC(C)(C)OC(=O)NC1CCC(Nc2ncc3c(-c4cccc(NCc5ccccc5)c4)nn(COCC[Si](C)(C)C)c3n2)CC1. The second-order valence-corrected chi connectivity index (χ2v) is 20.0. The summed E-state index contributed by atoms with van der Waals surface area (Å²) in [4.78, 5) is 21.9. The third-order valence-electron chi connectivity index (χ3n) is 7.96. The summed E-state index contributed by atoms with van der Waals surface area (Å²) in [7, 11) is -1.22. The maximum absolute atomic E-state index is 12.2. The molecule has 4 aromatic rings. The Morgan fingerprint density at radius 1 is 1.00 bits per heavy atom. The predicted octanol–water partition coefficient (Wildman–Crippen LogP) is 7.67. The topological polar surface area (TPSA) is 115 Å². The molecule has 2 aromatic heterocycles. The van der Waals surface area contributed by atoms with E-state index in [1.54, 1.807) is 0 Å². The van der Waals surface area contributed by atoms with Gasteiger partial charge >= 0.3 is 6.09 Å². The van der Waals surface area contributed by atoms with E-state index in [0.717, 1.165) is 66.3 Å². The molecule has 1 saturated carbocycles. The van der Waals surface area contributed by atoms with Crippen molar-refractivity contribution in [1.29, 1.82) is 0 Å². The lowest BCUT2D eigenvalue weighted by Gasteiger charge is -2.30. The zero-order chi connectivity index (χ0) is 32.7. The van der Waals surface area contributed by atoms with Gasteiger partial charge in [0.25, 0.3) is 0 Å². The molecule has 5 rings (SSSR count). The summed E-state index contributed by atoms with van der Waals surface area (Å²) in [5.74, 6) is 0.573. The fourth-order valence-corrected chi connectivity index (χ4v) is 6.23. The van der Waals surface area contributed by atoms with Crippen LogP contribution in [0.4, 0.5) is 16.4 Å². The Balaban J connectivity index is 1.30. The van der Waals surface area contributed by atoms with Gasteiger partial charge in [0.05, 0.1) is 5.39 Å². The van der Waals surface area contributed by atoms with Crippen LogP contribution in [0.25, 0.3) is 22.3 Å². The summed E-state index contributed by atoms with van der Waals surface area (Å²) in [6.07, 6.45) is 5.03. The van der Waals surface area contributed by atoms with Crippen LogP contribution in [-0.2, 0) is 22.7 Å². The lowest BCUT2D eigenvalue weighted by molar-refractivity contribution is 0.0492. The van der Waals surface area contributed by atoms with E-state index in [-0.39, 0.29) is 18.2 Å². The van der Waals surface area contributed by atoms with Crippen LogP contribution in [0.1, 0.15) is 52.0 Å². The first-order valence-corrected chi connectivity index (χ1v) is 20.1. The summed E-state index contributed by atoms with van der Waals surface area (Å²) >= 11 is 0. The highest BCUT2D eigenvalue weighted by molar-refractivity contribution is 6.76. The van der Waals surface area contributed by atoms with Crippen LogP contribution in [0.15, 0.2) is 60.8 Å². The zero-order valence-electron chi connectivity index (χ0n) is 28.1. The molecule has 10 nitrogen and oxygen atoms in total. The first-order valence-electron chi connectivity index (χ1n) is 16.4. The Morgan fingerprint density at radius 2 is 1.74 bits per heavy atom. The first-order chi connectivity index (χ1) is 21.9. The van der Waals surface area contributed by atoms with Crippen molar-refractivity contribution in [2.24, 2.45) is 0 Å². The smallest absolute Gasteiger partial charge is 0.407 e. The van der Waals surface area contributed by atoms with Crippen molar-refractivity contribution in [3.63, 3.8) is 0 Å². The monoisotopic (exact) mass is 643 g/mol. The van der Waals surface area contributed by atoms with E-state index in [2.05, 4.69) is 78.1 Å². The highest BCUT2D eigenvalue weighted by Crippen LogP contribution is 2.30. The van der Waals surface area contributed by atoms with Gasteiger partial charge in [-0.15, -0.1) is 0 Å². The van der Waals surface area contributed by atoms with Gasteiger partial charge in [0.15, 0.2) is 5.65 Å². The fourth-order valence-electron chi connectivity index (χ4n) is 5.48. The number of anilines is 2. The third kappa shape index (κ3) is 9.77. The van der Waals surface area contributed by atoms with Crippen LogP contribution in [0, 0.1) is 0 Å². The molecule has 0 bridgehead atoms. The maximum atomic E-state index is 12.2. The summed E-state index contributed by atoms with van der Waals surface area (Å²) in [6.45, 7) is 14.4. The van der Waals surface area contributed by atoms with Crippen LogP contribution in [0.2, 0.25) is 25.7 Å². The van der Waals surface area contributed by atoms with Crippen molar-refractivity contribution in [2.75, 3.05) is 17.2 Å². The predicted molar refractivity (Wildman–Crippen MR) is 188 cm³/mol. The Kier molecular flexibility index (Phi) is 10.6. The molecule has 3 N–H and O–H groups in total. The zero-order valence-corrected chi connectivity index (χ0v) is 29.1. The number of benzene rings is 2. The van der Waals surface area contributed by atoms with Crippen molar-refractivity contribution < 1.29 is 14.3 Å². The van der Waals surface area contributed by atoms with E-state index in [1.807, 2.05) is 43.8 Å². The van der Waals surface area contributed by atoms with Crippen LogP contribution in [0.3, 0.4) is 0 Å². The largest absolute Gasteiger partial charge is 0.444 e. The Morgan fingerprint density at radius 3 is 2.46 bits per heavy atom. The second kappa shape index (κ2) is 14.6. The van der Waals surface area contributed by atoms with E-state index in [1.165, 1.54) is 5.56 Å². The molecule has 246 valence electrons. The number of fused-ring (bicyclic) bond motifs is 1. The third-order valence-corrected chi connectivity index (χ3v) is 9.66. The number of nitrogens with zero attached hydrogens (tertiary/aromatic N) is 4. The molecule has 0 radical (unpaired) electrons. The molecule has 46 heavy (non-hydrogen) atoms. The minimum atomic E-state index is -1.22. The highest BCUT2D eigenvalue weighted by atomic mass is 28.3. The molecule has 1 aliphatic carbocycles.